The van der Waals surface area contributed by atoms with Gasteiger partial charge >= 0.3 is 6.03 Å². The van der Waals surface area contributed by atoms with Gasteiger partial charge in [-0.1, -0.05) is 28.6 Å². The van der Waals surface area contributed by atoms with Gasteiger partial charge in [0.05, 0.1) is 12.2 Å². The zero-order valence-electron chi connectivity index (χ0n) is 15.4. The van der Waals surface area contributed by atoms with Gasteiger partial charge in [0.1, 0.15) is 0 Å². The van der Waals surface area contributed by atoms with Crippen molar-refractivity contribution in [2.45, 2.75) is 37.6 Å². The molecule has 9 heteroatoms. The molecule has 2 amide bonds. The maximum absolute atomic E-state index is 12.4. The Bertz CT molecular complexity index is 956. The van der Waals surface area contributed by atoms with Crippen LogP contribution in [0.5, 0.6) is 0 Å². The van der Waals surface area contributed by atoms with Crippen LogP contribution in [0.4, 0.5) is 10.5 Å². The summed E-state index contributed by atoms with van der Waals surface area (Å²) in [7, 11) is 0. The maximum atomic E-state index is 12.4. The Hall–Kier alpha value is -3.23. The molecule has 9 nitrogen and oxygen atoms in total. The van der Waals surface area contributed by atoms with Crippen molar-refractivity contribution < 1.29 is 9.32 Å². The highest BCUT2D eigenvalue weighted by Crippen LogP contribution is 2.38. The van der Waals surface area contributed by atoms with Gasteiger partial charge in [-0.25, -0.2) is 9.48 Å². The molecule has 2 aromatic heterocycles. The Morgan fingerprint density at radius 3 is 2.64 bits per heavy atom. The number of benzene rings is 1. The van der Waals surface area contributed by atoms with Crippen molar-refractivity contribution in [2.75, 3.05) is 18.4 Å². The molecule has 5 rings (SSSR count). The molecule has 1 aliphatic heterocycles. The van der Waals surface area contributed by atoms with Crippen LogP contribution < -0.4 is 5.32 Å². The lowest BCUT2D eigenvalue weighted by Gasteiger charge is -2.31. The first-order valence-electron chi connectivity index (χ1n) is 9.63. The number of rotatable bonds is 4. The van der Waals surface area contributed by atoms with Crippen LogP contribution in [-0.4, -0.2) is 49.2 Å². The van der Waals surface area contributed by atoms with Crippen molar-refractivity contribution in [3.8, 4) is 11.6 Å². The van der Waals surface area contributed by atoms with Crippen molar-refractivity contribution in [2.24, 2.45) is 0 Å². The monoisotopic (exact) mass is 379 g/mol. The highest BCUT2D eigenvalue weighted by Gasteiger charge is 2.30. The van der Waals surface area contributed by atoms with Crippen molar-refractivity contribution in [3.05, 3.63) is 42.4 Å². The molecule has 1 saturated heterocycles. The normalized spacial score (nSPS) is 17.6. The van der Waals surface area contributed by atoms with Crippen molar-refractivity contribution in [1.29, 1.82) is 0 Å². The molecule has 0 atom stereocenters. The summed E-state index contributed by atoms with van der Waals surface area (Å²) in [6.45, 7) is 1.34. The molecule has 28 heavy (non-hydrogen) atoms. The lowest BCUT2D eigenvalue weighted by Crippen LogP contribution is -2.41. The summed E-state index contributed by atoms with van der Waals surface area (Å²) in [5.41, 5.74) is 1.41. The molecule has 144 valence electrons. The van der Waals surface area contributed by atoms with Crippen LogP contribution in [0.2, 0.25) is 0 Å². The Labute approximate surface area is 161 Å². The zero-order chi connectivity index (χ0) is 18.9. The van der Waals surface area contributed by atoms with Gasteiger partial charge in [-0.2, -0.15) is 4.98 Å². The number of carbonyl (C=O) groups is 1. The van der Waals surface area contributed by atoms with E-state index in [2.05, 4.69) is 25.8 Å². The number of aromatic nitrogens is 5. The Morgan fingerprint density at radius 1 is 1.11 bits per heavy atom. The third-order valence-corrected chi connectivity index (χ3v) is 5.26. The summed E-state index contributed by atoms with van der Waals surface area (Å²) < 4.78 is 7.17. The Kier molecular flexibility index (Phi) is 4.27. The minimum Gasteiger partial charge on any atom is -0.332 e. The zero-order valence-corrected chi connectivity index (χ0v) is 15.4. The third-order valence-electron chi connectivity index (χ3n) is 5.26. The number of carbonyl (C=O) groups excluding carboxylic acids is 1. The number of urea groups is 1. The van der Waals surface area contributed by atoms with Crippen LogP contribution in [-0.2, 0) is 0 Å². The minimum atomic E-state index is -0.0672. The molecule has 1 aromatic carbocycles. The number of hydrogen-bond donors (Lipinski definition) is 1. The van der Waals surface area contributed by atoms with Crippen LogP contribution in [0.25, 0.3) is 11.6 Å². The first-order chi connectivity index (χ1) is 13.8. The van der Waals surface area contributed by atoms with E-state index in [1.165, 1.54) is 0 Å². The summed E-state index contributed by atoms with van der Waals surface area (Å²) in [6, 6.07) is 9.63. The fraction of sp³-hybridized carbons (Fsp3) is 0.421. The Balaban J connectivity index is 1.19. The molecule has 0 radical (unpaired) electrons. The topological polar surface area (TPSA) is 102 Å². The van der Waals surface area contributed by atoms with Crippen LogP contribution in [0.3, 0.4) is 0 Å². The van der Waals surface area contributed by atoms with E-state index in [1.54, 1.807) is 0 Å². The van der Waals surface area contributed by atoms with Gasteiger partial charge in [0.25, 0.3) is 5.89 Å². The second-order valence-electron chi connectivity index (χ2n) is 7.33. The average molecular weight is 379 g/mol. The SMILES string of the molecule is O=C(Nc1ccccc1)N1CCC(n2cc(-c3nc(C4CC4)no3)nn2)CC1. The van der Waals surface area contributed by atoms with E-state index in [0.717, 1.165) is 37.2 Å². The van der Waals surface area contributed by atoms with Gasteiger partial charge < -0.3 is 14.7 Å². The van der Waals surface area contributed by atoms with Gasteiger partial charge in [0.2, 0.25) is 0 Å². The van der Waals surface area contributed by atoms with Gasteiger partial charge in [-0.05, 0) is 37.8 Å². The predicted molar refractivity (Wildman–Crippen MR) is 101 cm³/mol. The van der Waals surface area contributed by atoms with Crippen LogP contribution in [0.1, 0.15) is 43.5 Å². The first-order valence-corrected chi connectivity index (χ1v) is 9.63. The van der Waals surface area contributed by atoms with E-state index in [4.69, 9.17) is 4.52 Å². The van der Waals surface area contributed by atoms with Gasteiger partial charge in [-0.15, -0.1) is 5.10 Å². The largest absolute Gasteiger partial charge is 0.332 e. The molecule has 1 N–H and O–H groups in total. The molecule has 2 fully saturated rings. The quantitative estimate of drug-likeness (QED) is 0.747. The second kappa shape index (κ2) is 7.06. The summed E-state index contributed by atoms with van der Waals surface area (Å²) in [4.78, 5) is 18.7. The number of amides is 2. The molecule has 3 aromatic rings. The van der Waals surface area contributed by atoms with E-state index in [9.17, 15) is 4.79 Å². The molecule has 0 bridgehead atoms. The molecular weight excluding hydrogens is 358 g/mol. The van der Waals surface area contributed by atoms with Gasteiger partial charge in [-0.3, -0.25) is 0 Å². The highest BCUT2D eigenvalue weighted by atomic mass is 16.5. The lowest BCUT2D eigenvalue weighted by molar-refractivity contribution is 0.179. The standard InChI is InChI=1S/C19H21N7O2/c27-19(20-14-4-2-1-3-5-14)25-10-8-15(9-11-25)26-12-16(22-24-26)18-21-17(23-28-18)13-6-7-13/h1-5,12-13,15H,6-11H2,(H,20,27). The lowest BCUT2D eigenvalue weighted by atomic mass is 10.1. The minimum absolute atomic E-state index is 0.0672. The molecule has 0 spiro atoms. The number of anilines is 1. The van der Waals surface area contributed by atoms with E-state index >= 15 is 0 Å². The second-order valence-corrected chi connectivity index (χ2v) is 7.33. The number of para-hydroxylation sites is 1. The van der Waals surface area contributed by atoms with Gasteiger partial charge in [0, 0.05) is 24.7 Å². The van der Waals surface area contributed by atoms with E-state index in [-0.39, 0.29) is 12.1 Å². The molecule has 0 unspecified atom stereocenters. The van der Waals surface area contributed by atoms with E-state index in [0.29, 0.717) is 30.6 Å². The number of piperidine rings is 1. The number of nitrogens with zero attached hydrogens (tertiary/aromatic N) is 6. The summed E-state index contributed by atoms with van der Waals surface area (Å²) >= 11 is 0. The fourth-order valence-electron chi connectivity index (χ4n) is 3.46. The maximum Gasteiger partial charge on any atom is 0.321 e. The number of likely N-dealkylation sites (tertiary alicyclic amines) is 1. The summed E-state index contributed by atoms with van der Waals surface area (Å²) in [5.74, 6) is 1.63. The summed E-state index contributed by atoms with van der Waals surface area (Å²) in [6.07, 6.45) is 5.75. The van der Waals surface area contributed by atoms with Crippen LogP contribution >= 0.6 is 0 Å². The molecule has 3 heterocycles. The smallest absolute Gasteiger partial charge is 0.321 e. The van der Waals surface area contributed by atoms with Crippen molar-refractivity contribution in [3.63, 3.8) is 0 Å². The molecule has 1 aliphatic carbocycles. The van der Waals surface area contributed by atoms with Crippen molar-refractivity contribution >= 4 is 11.7 Å². The molecule has 1 saturated carbocycles. The first kappa shape index (κ1) is 16.9. The van der Waals surface area contributed by atoms with Crippen molar-refractivity contribution in [1.82, 2.24) is 30.0 Å². The van der Waals surface area contributed by atoms with Crippen LogP contribution in [0.15, 0.2) is 41.1 Å². The molecular formula is C19H21N7O2. The van der Waals surface area contributed by atoms with Crippen LogP contribution in [0, 0.1) is 0 Å². The fourth-order valence-corrected chi connectivity index (χ4v) is 3.46. The number of hydrogen-bond acceptors (Lipinski definition) is 6. The third kappa shape index (κ3) is 3.47. The predicted octanol–water partition coefficient (Wildman–Crippen LogP) is 3.07. The Morgan fingerprint density at radius 2 is 1.89 bits per heavy atom. The molecule has 2 aliphatic rings. The van der Waals surface area contributed by atoms with E-state index in [1.807, 2.05) is 46.1 Å². The van der Waals surface area contributed by atoms with E-state index < -0.39 is 0 Å². The number of nitrogens with one attached hydrogen (secondary N) is 1. The average Bonchev–Trinajstić information content (AvgIpc) is 3.26. The summed E-state index contributed by atoms with van der Waals surface area (Å²) in [5, 5.41) is 15.4. The highest BCUT2D eigenvalue weighted by molar-refractivity contribution is 5.89. The van der Waals surface area contributed by atoms with Gasteiger partial charge in [0.15, 0.2) is 11.5 Å².